The number of esters is 1. The van der Waals surface area contributed by atoms with Crippen LogP contribution in [0, 0.1) is 5.41 Å². The van der Waals surface area contributed by atoms with Gasteiger partial charge >= 0.3 is 17.9 Å². The predicted molar refractivity (Wildman–Crippen MR) is 153 cm³/mol. The summed E-state index contributed by atoms with van der Waals surface area (Å²) in [5, 5.41) is 36.2. The number of carboxylic acid groups (broad SMARTS) is 2. The number of carboxylic acids is 2. The van der Waals surface area contributed by atoms with Crippen molar-refractivity contribution in [3.8, 4) is 0 Å². The fourth-order valence-corrected chi connectivity index (χ4v) is 7.19. The summed E-state index contributed by atoms with van der Waals surface area (Å²) in [5.74, 6) is -4.37. The normalized spacial score (nSPS) is 21.7. The number of hydrogen-bond donors (Lipinski definition) is 4. The topological polar surface area (TPSA) is 267 Å². The van der Waals surface area contributed by atoms with Gasteiger partial charge in [0.15, 0.2) is 5.13 Å². The molecule has 2 aromatic heterocycles. The first kappa shape index (κ1) is 32.9. The van der Waals surface area contributed by atoms with Crippen LogP contribution in [0.1, 0.15) is 33.0 Å². The average Bonchev–Trinajstić information content (AvgIpc) is 3.58. The molecule has 2 aromatic rings. The number of carbonyl (C=O) groups is 5. The highest BCUT2D eigenvalue weighted by atomic mass is 32.2. The van der Waals surface area contributed by atoms with E-state index >= 15 is 0 Å². The number of hydrogen-bond acceptors (Lipinski definition) is 17. The fourth-order valence-electron chi connectivity index (χ4n) is 4.00. The molecule has 0 aromatic carbocycles. The van der Waals surface area contributed by atoms with E-state index in [2.05, 4.69) is 35.4 Å². The maximum absolute atomic E-state index is 13.2. The van der Waals surface area contributed by atoms with E-state index in [1.54, 1.807) is 20.8 Å². The quantitative estimate of drug-likeness (QED) is 0.0647. The van der Waals surface area contributed by atoms with Crippen LogP contribution in [0.3, 0.4) is 0 Å². The summed E-state index contributed by atoms with van der Waals surface area (Å²) in [5.41, 5.74) is 3.08. The van der Waals surface area contributed by atoms with Crippen LogP contribution in [0.5, 0.6) is 0 Å². The number of rotatable bonds is 13. The number of thioether (sulfide) groups is 2. The number of amides is 2. The number of nitrogen functional groups attached to an aromatic ring is 1. The average molecular weight is 673 g/mol. The molecular formula is C22H28N10O9S3. The summed E-state index contributed by atoms with van der Waals surface area (Å²) in [6, 6.07) is -1.01. The Morgan fingerprint density at radius 2 is 2.02 bits per heavy atom. The number of nitrogens with zero attached hydrogens (tertiary/aromatic N) is 8. The lowest BCUT2D eigenvalue weighted by Gasteiger charge is -2.53. The highest BCUT2D eigenvalue weighted by molar-refractivity contribution is 8.00. The lowest BCUT2D eigenvalue weighted by molar-refractivity contribution is -0.160. The molecule has 5 N–H and O–H groups in total. The Morgan fingerprint density at radius 1 is 1.27 bits per heavy atom. The monoisotopic (exact) mass is 672 g/mol. The first-order valence-electron chi connectivity index (χ1n) is 12.8. The van der Waals surface area contributed by atoms with Gasteiger partial charge in [-0.05, 0) is 31.2 Å². The van der Waals surface area contributed by atoms with Crippen molar-refractivity contribution in [3.05, 3.63) is 5.82 Å². The maximum atomic E-state index is 13.2. The third kappa shape index (κ3) is 7.72. The Kier molecular flexibility index (Phi) is 9.93. The van der Waals surface area contributed by atoms with Crippen molar-refractivity contribution in [2.75, 3.05) is 30.4 Å². The molecule has 4 rings (SSSR count). The first-order valence-corrected chi connectivity index (χ1v) is 15.6. The summed E-state index contributed by atoms with van der Waals surface area (Å²) >= 11 is 3.01. The predicted octanol–water partition coefficient (Wildman–Crippen LogP) is -1.09. The van der Waals surface area contributed by atoms with E-state index in [4.69, 9.17) is 20.4 Å². The summed E-state index contributed by atoms with van der Waals surface area (Å²) in [6.45, 7) is 4.28. The van der Waals surface area contributed by atoms with Crippen molar-refractivity contribution in [2.24, 2.45) is 10.6 Å². The molecule has 0 spiro atoms. The molecular weight excluding hydrogens is 645 g/mol. The number of nitrogens with two attached hydrogens (primary N) is 1. The van der Waals surface area contributed by atoms with Gasteiger partial charge in [0.1, 0.15) is 22.4 Å². The molecule has 44 heavy (non-hydrogen) atoms. The molecule has 238 valence electrons. The SMILES string of the molecule is CC(C)(C)OC(=O)CON=C(C(=O)NC1C(=O)N2CC(CSc3nnnn3CCC(=O)O)(C(=O)O)CS[C@H]12)c1nsc(N)n1. The molecule has 0 radical (unpaired) electrons. The van der Waals surface area contributed by atoms with Gasteiger partial charge < -0.3 is 35.7 Å². The second-order valence-corrected chi connectivity index (χ2v) is 13.4. The zero-order valence-corrected chi connectivity index (χ0v) is 26.0. The number of nitrogens with one attached hydrogen (secondary N) is 1. The van der Waals surface area contributed by atoms with E-state index in [-0.39, 0.29) is 47.1 Å². The number of ether oxygens (including phenoxy) is 1. The van der Waals surface area contributed by atoms with Crippen molar-refractivity contribution in [1.82, 2.24) is 39.8 Å². The Balaban J connectivity index is 1.40. The molecule has 2 amide bonds. The van der Waals surface area contributed by atoms with Crippen LogP contribution < -0.4 is 11.1 Å². The van der Waals surface area contributed by atoms with Gasteiger partial charge in [0, 0.05) is 29.6 Å². The van der Waals surface area contributed by atoms with Crippen molar-refractivity contribution in [1.29, 1.82) is 0 Å². The van der Waals surface area contributed by atoms with E-state index in [1.807, 2.05) is 0 Å². The highest BCUT2D eigenvalue weighted by Gasteiger charge is 2.57. The van der Waals surface area contributed by atoms with Crippen molar-refractivity contribution >= 4 is 75.6 Å². The summed E-state index contributed by atoms with van der Waals surface area (Å²) in [4.78, 5) is 71.9. The lowest BCUT2D eigenvalue weighted by atomic mass is 9.89. The van der Waals surface area contributed by atoms with Crippen LogP contribution in [0.2, 0.25) is 0 Å². The van der Waals surface area contributed by atoms with Crippen LogP contribution >= 0.6 is 35.1 Å². The Labute approximate surface area is 261 Å². The highest BCUT2D eigenvalue weighted by Crippen LogP contribution is 2.44. The Hall–Kier alpha value is -4.05. The number of tetrazole rings is 1. The minimum absolute atomic E-state index is 0.000978. The van der Waals surface area contributed by atoms with Crippen LogP contribution in [0.25, 0.3) is 0 Å². The van der Waals surface area contributed by atoms with Crippen molar-refractivity contribution < 1.29 is 43.8 Å². The van der Waals surface area contributed by atoms with Gasteiger partial charge in [-0.1, -0.05) is 16.9 Å². The molecule has 2 aliphatic heterocycles. The summed E-state index contributed by atoms with van der Waals surface area (Å²) < 4.78 is 10.4. The maximum Gasteiger partial charge on any atom is 0.347 e. The minimum Gasteiger partial charge on any atom is -0.481 e. The Bertz CT molecular complexity index is 1480. The standard InChI is InChI=1S/C22H28N10O9S3/c1-21(2,3)41-11(35)6-40-27-12(14-25-19(23)44-28-14)15(36)24-13-16(37)31-7-22(18(38)39,8-42-17(13)31)9-43-20-26-29-30-32(20)5-4-10(33)34/h13,17H,4-9H2,1-3H3,(H,24,36)(H,33,34)(H,38,39)(H2,23,25,28)/t13?,17-,22?/m1/s1. The number of aryl methyl sites for hydroxylation is 1. The summed E-state index contributed by atoms with van der Waals surface area (Å²) in [7, 11) is 0. The minimum atomic E-state index is -1.37. The molecule has 0 bridgehead atoms. The second kappa shape index (κ2) is 13.3. The molecule has 2 fully saturated rings. The van der Waals surface area contributed by atoms with E-state index in [0.717, 1.165) is 23.3 Å². The van der Waals surface area contributed by atoms with Gasteiger partial charge in [-0.25, -0.2) is 9.48 Å². The van der Waals surface area contributed by atoms with Gasteiger partial charge in [0.25, 0.3) is 5.91 Å². The molecule has 2 unspecified atom stereocenters. The van der Waals surface area contributed by atoms with Crippen molar-refractivity contribution in [3.63, 3.8) is 0 Å². The van der Waals surface area contributed by atoms with Crippen LogP contribution in [-0.4, -0.2) is 122 Å². The number of anilines is 1. The number of fused-ring (bicyclic) bond motifs is 1. The van der Waals surface area contributed by atoms with Crippen LogP contribution in [-0.2, 0) is 40.1 Å². The van der Waals surface area contributed by atoms with Crippen LogP contribution in [0.15, 0.2) is 10.3 Å². The molecule has 4 heterocycles. The molecule has 2 saturated heterocycles. The molecule has 22 heteroatoms. The number of oxime groups is 1. The molecule has 19 nitrogen and oxygen atoms in total. The van der Waals surface area contributed by atoms with Gasteiger partial charge in [-0.2, -0.15) is 9.36 Å². The van der Waals surface area contributed by atoms with E-state index < -0.39 is 64.5 Å². The van der Waals surface area contributed by atoms with E-state index in [0.29, 0.717) is 0 Å². The third-order valence-electron chi connectivity index (χ3n) is 6.03. The van der Waals surface area contributed by atoms with Gasteiger partial charge in [-0.3, -0.25) is 19.2 Å². The number of β-lactam (4-membered cyclic amide) rings is 1. The zero-order chi connectivity index (χ0) is 32.2. The molecule has 3 atom stereocenters. The molecule has 0 saturated carbocycles. The van der Waals surface area contributed by atoms with Gasteiger partial charge in [0.05, 0.1) is 13.0 Å². The second-order valence-electron chi connectivity index (χ2n) is 10.6. The zero-order valence-electron chi connectivity index (χ0n) is 23.5. The molecule has 0 aliphatic carbocycles. The van der Waals surface area contributed by atoms with Gasteiger partial charge in [0.2, 0.25) is 29.2 Å². The third-order valence-corrected chi connectivity index (χ3v) is 9.40. The smallest absolute Gasteiger partial charge is 0.347 e. The largest absolute Gasteiger partial charge is 0.481 e. The number of aliphatic carboxylic acids is 2. The van der Waals surface area contributed by atoms with E-state index in [1.165, 1.54) is 21.3 Å². The number of carbonyl (C=O) groups excluding carboxylic acids is 3. The summed E-state index contributed by atoms with van der Waals surface area (Å²) in [6.07, 6.45) is -0.218. The number of aromatic nitrogens is 6. The molecule has 2 aliphatic rings. The van der Waals surface area contributed by atoms with E-state index in [9.17, 15) is 29.1 Å². The van der Waals surface area contributed by atoms with Crippen molar-refractivity contribution in [2.45, 2.75) is 55.9 Å². The van der Waals surface area contributed by atoms with Crippen LogP contribution in [0.4, 0.5) is 5.13 Å². The van der Waals surface area contributed by atoms with Gasteiger partial charge in [-0.15, -0.1) is 16.9 Å². The Morgan fingerprint density at radius 3 is 2.66 bits per heavy atom. The fraction of sp³-hybridized carbons (Fsp3) is 0.591. The lowest BCUT2D eigenvalue weighted by Crippen LogP contribution is -2.74. The first-order chi connectivity index (χ1) is 20.7.